The van der Waals surface area contributed by atoms with Crippen molar-refractivity contribution in [2.75, 3.05) is 59.2 Å². The molecule has 0 aromatic heterocycles. The van der Waals surface area contributed by atoms with E-state index < -0.39 is 86.7 Å². The first-order valence-corrected chi connectivity index (χ1v) is 17.8. The highest BCUT2D eigenvalue weighted by Crippen LogP contribution is 2.16. The Morgan fingerprint density at radius 3 is 1.12 bits per heavy atom. The third kappa shape index (κ3) is 21.4. The summed E-state index contributed by atoms with van der Waals surface area (Å²) in [5.74, 6) is -3.30. The second-order valence-electron chi connectivity index (χ2n) is 12.2. The molecule has 50 heavy (non-hydrogen) atoms. The smallest absolute Gasteiger partial charge is 0.320 e. The van der Waals surface area contributed by atoms with E-state index in [1.807, 2.05) is 13.8 Å². The molecule has 16 nitrogen and oxygen atoms in total. The van der Waals surface area contributed by atoms with Crippen molar-refractivity contribution < 1.29 is 68.5 Å². The van der Waals surface area contributed by atoms with Crippen LogP contribution in [-0.4, -0.2) is 155 Å². The molecule has 0 aromatic carbocycles. The molecule has 5 atom stereocenters. The van der Waals surface area contributed by atoms with Crippen LogP contribution in [0.3, 0.4) is 0 Å². The lowest BCUT2D eigenvalue weighted by atomic mass is 10.1. The summed E-state index contributed by atoms with van der Waals surface area (Å²) in [5.41, 5.74) is 0. The maximum Gasteiger partial charge on any atom is 0.320 e. The fourth-order valence-electron chi connectivity index (χ4n) is 5.15. The number of esters is 4. The summed E-state index contributed by atoms with van der Waals surface area (Å²) < 4.78 is 21.5. The molecule has 0 saturated carbocycles. The highest BCUT2D eigenvalue weighted by Gasteiger charge is 2.32. The van der Waals surface area contributed by atoms with Gasteiger partial charge in [-0.05, 0) is 45.1 Å². The maximum atomic E-state index is 12.6. The number of aliphatic carboxylic acids is 1. The molecule has 0 bridgehead atoms. The van der Waals surface area contributed by atoms with Gasteiger partial charge < -0.3 is 44.5 Å². The van der Waals surface area contributed by atoms with Crippen molar-refractivity contribution in [3.8, 4) is 0 Å². The molecule has 16 heteroatoms. The van der Waals surface area contributed by atoms with Gasteiger partial charge in [-0.25, -0.2) is 0 Å². The fourth-order valence-corrected chi connectivity index (χ4v) is 5.15. The fraction of sp³-hybridized carbons (Fsp3) is 0.853. The number of hydrogen-bond donors (Lipinski definition) is 5. The molecule has 0 saturated heterocycles. The van der Waals surface area contributed by atoms with Gasteiger partial charge >= 0.3 is 29.8 Å². The van der Waals surface area contributed by atoms with E-state index in [1.165, 1.54) is 4.90 Å². The van der Waals surface area contributed by atoms with Gasteiger partial charge in [0.15, 0.2) is 0 Å². The van der Waals surface area contributed by atoms with Gasteiger partial charge in [-0.15, -0.1) is 0 Å². The molecule has 0 spiro atoms. The van der Waals surface area contributed by atoms with Crippen molar-refractivity contribution in [2.45, 2.75) is 129 Å². The quantitative estimate of drug-likeness (QED) is 0.0382. The zero-order chi connectivity index (χ0) is 37.9. The van der Waals surface area contributed by atoms with E-state index in [-0.39, 0.29) is 64.8 Å². The van der Waals surface area contributed by atoms with Gasteiger partial charge in [0, 0.05) is 51.9 Å². The Morgan fingerprint density at radius 2 is 0.840 bits per heavy atom. The van der Waals surface area contributed by atoms with Crippen LogP contribution in [-0.2, 0) is 42.9 Å². The average molecular weight is 723 g/mol. The number of rotatable bonds is 31. The van der Waals surface area contributed by atoms with Gasteiger partial charge in [0.25, 0.3) is 0 Å². The van der Waals surface area contributed by atoms with Crippen LogP contribution in [0.2, 0.25) is 0 Å². The van der Waals surface area contributed by atoms with Crippen LogP contribution in [0.25, 0.3) is 0 Å². The summed E-state index contributed by atoms with van der Waals surface area (Å²) in [5, 5.41) is 50.0. The Morgan fingerprint density at radius 1 is 0.520 bits per heavy atom. The summed E-state index contributed by atoms with van der Waals surface area (Å²) in [7, 11) is 0. The Labute approximate surface area is 296 Å². The van der Waals surface area contributed by atoms with Gasteiger partial charge in [0.2, 0.25) is 0 Å². The summed E-state index contributed by atoms with van der Waals surface area (Å²) in [6, 6.07) is -1.19. The second-order valence-corrected chi connectivity index (χ2v) is 12.2. The number of ether oxygens (including phenoxy) is 4. The monoisotopic (exact) mass is 722 g/mol. The zero-order valence-corrected chi connectivity index (χ0v) is 30.3. The van der Waals surface area contributed by atoms with Crippen molar-refractivity contribution in [1.82, 2.24) is 9.80 Å². The first-order chi connectivity index (χ1) is 23.9. The molecule has 0 aliphatic rings. The van der Waals surface area contributed by atoms with E-state index in [1.54, 1.807) is 18.7 Å². The third-order valence-electron chi connectivity index (χ3n) is 7.55. The molecule has 0 amide bonds. The van der Waals surface area contributed by atoms with Gasteiger partial charge in [0.05, 0.1) is 26.4 Å². The molecule has 0 fully saturated rings. The predicted octanol–water partition coefficient (Wildman–Crippen LogP) is 1.03. The molecule has 0 rings (SSSR count). The van der Waals surface area contributed by atoms with E-state index in [2.05, 4.69) is 0 Å². The maximum absolute atomic E-state index is 12.6. The van der Waals surface area contributed by atoms with Gasteiger partial charge in [-0.3, -0.25) is 33.8 Å². The topological polar surface area (TPSA) is 230 Å². The van der Waals surface area contributed by atoms with Crippen LogP contribution < -0.4 is 0 Å². The molecular formula is C34H62N2O14. The van der Waals surface area contributed by atoms with Crippen LogP contribution >= 0.6 is 0 Å². The van der Waals surface area contributed by atoms with Crippen molar-refractivity contribution >= 4 is 29.8 Å². The van der Waals surface area contributed by atoms with E-state index in [0.717, 1.165) is 0 Å². The number of carboxylic acids is 1. The summed E-state index contributed by atoms with van der Waals surface area (Å²) in [4.78, 5) is 64.4. The molecule has 5 N–H and O–H groups in total. The second kappa shape index (κ2) is 28.8. The van der Waals surface area contributed by atoms with Crippen LogP contribution in [0.15, 0.2) is 0 Å². The van der Waals surface area contributed by atoms with Crippen LogP contribution in [0.4, 0.5) is 0 Å². The standard InChI is InChI=1S/C34H62N2O14/c1-5-11-30(41)47-25(21-37)17-35(18-26(22-38)48-31(42)12-6-2)16-10-9-15-29(34(45)46)36(19-27(23-39)49-32(43)13-7-3)20-28(24-40)50-33(44)14-8-4/h25-29,37-40H,5-24H2,1-4H3,(H,45,46). The van der Waals surface area contributed by atoms with Crippen LogP contribution in [0.5, 0.6) is 0 Å². The minimum Gasteiger partial charge on any atom is -0.480 e. The Bertz CT molecular complexity index is 908. The van der Waals surface area contributed by atoms with Crippen LogP contribution in [0.1, 0.15) is 98.3 Å². The minimum atomic E-state index is -1.22. The summed E-state index contributed by atoms with van der Waals surface area (Å²) >= 11 is 0. The summed E-state index contributed by atoms with van der Waals surface area (Å²) in [6.07, 6.45) is -0.472. The number of unbranched alkanes of at least 4 members (excludes halogenated alkanes) is 1. The number of carbonyl (C=O) groups is 5. The molecule has 292 valence electrons. The number of aliphatic hydroxyl groups excluding tert-OH is 4. The van der Waals surface area contributed by atoms with Crippen molar-refractivity contribution in [1.29, 1.82) is 0 Å². The lowest BCUT2D eigenvalue weighted by Gasteiger charge is -2.34. The summed E-state index contributed by atoms with van der Waals surface area (Å²) in [6.45, 7) is 5.08. The predicted molar refractivity (Wildman–Crippen MR) is 181 cm³/mol. The number of nitrogens with zero attached hydrogens (tertiary/aromatic N) is 2. The van der Waals surface area contributed by atoms with Crippen molar-refractivity contribution in [3.63, 3.8) is 0 Å². The lowest BCUT2D eigenvalue weighted by molar-refractivity contribution is -0.158. The minimum absolute atomic E-state index is 0.0604. The highest BCUT2D eigenvalue weighted by atomic mass is 16.6. The Kier molecular flexibility index (Phi) is 27.1. The Hall–Kier alpha value is -2.89. The van der Waals surface area contributed by atoms with E-state index in [4.69, 9.17) is 18.9 Å². The molecule has 0 heterocycles. The lowest BCUT2D eigenvalue weighted by Crippen LogP contribution is -2.51. The number of hydrogen-bond acceptors (Lipinski definition) is 15. The highest BCUT2D eigenvalue weighted by molar-refractivity contribution is 5.73. The molecular weight excluding hydrogens is 660 g/mol. The SMILES string of the molecule is CCCC(=O)OC(CO)CN(CCCCC(C(=O)O)N(CC(CO)OC(=O)CCC)CC(CO)OC(=O)CCC)CC(CO)OC(=O)CCC. The van der Waals surface area contributed by atoms with E-state index in [0.29, 0.717) is 38.5 Å². The molecule has 0 aliphatic heterocycles. The van der Waals surface area contributed by atoms with Crippen molar-refractivity contribution in [3.05, 3.63) is 0 Å². The first-order valence-electron chi connectivity index (χ1n) is 17.8. The number of carboxylic acid groups (broad SMARTS) is 1. The van der Waals surface area contributed by atoms with Gasteiger partial charge in [0.1, 0.15) is 30.5 Å². The van der Waals surface area contributed by atoms with Crippen LogP contribution in [0, 0.1) is 0 Å². The third-order valence-corrected chi connectivity index (χ3v) is 7.55. The Balaban J connectivity index is 5.99. The van der Waals surface area contributed by atoms with Crippen molar-refractivity contribution in [2.24, 2.45) is 0 Å². The first kappa shape index (κ1) is 47.1. The zero-order valence-electron chi connectivity index (χ0n) is 30.3. The van der Waals surface area contributed by atoms with Gasteiger partial charge in [-0.2, -0.15) is 0 Å². The van der Waals surface area contributed by atoms with E-state index >= 15 is 0 Å². The number of aliphatic hydroxyl groups is 4. The largest absolute Gasteiger partial charge is 0.480 e. The normalized spacial score (nSPS) is 14.4. The van der Waals surface area contributed by atoms with Gasteiger partial charge in [-0.1, -0.05) is 34.1 Å². The number of carbonyl (C=O) groups excluding carboxylic acids is 4. The molecule has 0 aromatic rings. The molecule has 0 radical (unpaired) electrons. The molecule has 0 aliphatic carbocycles. The molecule has 5 unspecified atom stereocenters. The van der Waals surface area contributed by atoms with E-state index in [9.17, 15) is 49.5 Å². The average Bonchev–Trinajstić information content (AvgIpc) is 3.06.